The quantitative estimate of drug-likeness (QED) is 0.566. The van der Waals surface area contributed by atoms with Gasteiger partial charge < -0.3 is 19.7 Å². The molecular weight excluding hydrogens is 212 g/mol. The van der Waals surface area contributed by atoms with Crippen LogP contribution in [0, 0.1) is 0 Å². The summed E-state index contributed by atoms with van der Waals surface area (Å²) < 4.78 is 9.71. The van der Waals surface area contributed by atoms with Gasteiger partial charge in [0.1, 0.15) is 12.4 Å². The molecule has 1 aromatic rings. The molecule has 0 radical (unpaired) electrons. The van der Waals surface area contributed by atoms with Crippen LogP contribution in [0.2, 0.25) is 0 Å². The smallest absolute Gasteiger partial charge is 0.340 e. The van der Waals surface area contributed by atoms with E-state index in [-0.39, 0.29) is 13.2 Å². The molecule has 0 aromatic heterocycles. The Hall–Kier alpha value is -1.59. The van der Waals surface area contributed by atoms with E-state index in [4.69, 9.17) is 14.9 Å². The monoisotopic (exact) mass is 226 g/mol. The van der Waals surface area contributed by atoms with Crippen molar-refractivity contribution in [1.82, 2.24) is 0 Å². The highest BCUT2D eigenvalue weighted by atomic mass is 16.6. The molecule has 0 aliphatic heterocycles. The Morgan fingerprint density at radius 3 is 2.50 bits per heavy atom. The largest absolute Gasteiger partial charge is 0.491 e. The van der Waals surface area contributed by atoms with Gasteiger partial charge in [0.2, 0.25) is 0 Å². The molecule has 1 aromatic carbocycles. The minimum absolute atomic E-state index is 0.0637. The standard InChI is InChI=1S/C11H14O5/c1-8(13)16-11(14)9-2-4-10(5-3-9)15-7-6-12/h2-5,8,12-13H,6-7H2,1H3. The average Bonchev–Trinajstić information content (AvgIpc) is 2.26. The lowest BCUT2D eigenvalue weighted by atomic mass is 10.2. The van der Waals surface area contributed by atoms with Gasteiger partial charge in [-0.1, -0.05) is 0 Å². The summed E-state index contributed by atoms with van der Waals surface area (Å²) in [7, 11) is 0. The molecule has 1 atom stereocenters. The minimum atomic E-state index is -1.13. The van der Waals surface area contributed by atoms with Gasteiger partial charge in [0, 0.05) is 0 Å². The Bertz CT molecular complexity index is 331. The third kappa shape index (κ3) is 3.88. The number of carbonyl (C=O) groups excluding carboxylic acids is 1. The maximum atomic E-state index is 11.3. The first-order valence-electron chi connectivity index (χ1n) is 4.86. The lowest BCUT2D eigenvalue weighted by molar-refractivity contribution is -0.0523. The molecule has 5 nitrogen and oxygen atoms in total. The van der Waals surface area contributed by atoms with E-state index >= 15 is 0 Å². The SMILES string of the molecule is CC(O)OC(=O)c1ccc(OCCO)cc1. The van der Waals surface area contributed by atoms with Crippen molar-refractivity contribution in [2.45, 2.75) is 13.2 Å². The molecule has 5 heteroatoms. The predicted octanol–water partition coefficient (Wildman–Crippen LogP) is 0.553. The number of ether oxygens (including phenoxy) is 2. The van der Waals surface area contributed by atoms with Crippen LogP contribution in [0.25, 0.3) is 0 Å². The molecule has 0 saturated heterocycles. The van der Waals surface area contributed by atoms with E-state index in [1.165, 1.54) is 19.1 Å². The highest BCUT2D eigenvalue weighted by molar-refractivity contribution is 5.89. The fourth-order valence-electron chi connectivity index (χ4n) is 1.07. The van der Waals surface area contributed by atoms with Crippen molar-refractivity contribution < 1.29 is 24.5 Å². The van der Waals surface area contributed by atoms with Crippen molar-refractivity contribution in [2.75, 3.05) is 13.2 Å². The third-order valence-corrected chi connectivity index (χ3v) is 1.73. The normalized spacial score (nSPS) is 11.9. The summed E-state index contributed by atoms with van der Waals surface area (Å²) >= 11 is 0. The number of hydrogen-bond donors (Lipinski definition) is 2. The van der Waals surface area contributed by atoms with Crippen LogP contribution in [0.3, 0.4) is 0 Å². The van der Waals surface area contributed by atoms with Crippen molar-refractivity contribution in [3.05, 3.63) is 29.8 Å². The number of aliphatic hydroxyl groups is 2. The third-order valence-electron chi connectivity index (χ3n) is 1.73. The molecule has 0 spiro atoms. The summed E-state index contributed by atoms with van der Waals surface area (Å²) in [6.45, 7) is 1.50. The van der Waals surface area contributed by atoms with E-state index in [1.807, 2.05) is 0 Å². The molecule has 1 rings (SSSR count). The number of carbonyl (C=O) groups is 1. The number of esters is 1. The number of hydrogen-bond acceptors (Lipinski definition) is 5. The van der Waals surface area contributed by atoms with Gasteiger partial charge in [0.05, 0.1) is 12.2 Å². The van der Waals surface area contributed by atoms with Crippen LogP contribution in [0.15, 0.2) is 24.3 Å². The minimum Gasteiger partial charge on any atom is -0.491 e. The van der Waals surface area contributed by atoms with E-state index in [0.717, 1.165) is 0 Å². The van der Waals surface area contributed by atoms with E-state index < -0.39 is 12.3 Å². The van der Waals surface area contributed by atoms with E-state index in [9.17, 15) is 4.79 Å². The number of aliphatic hydroxyl groups excluding tert-OH is 2. The lowest BCUT2D eigenvalue weighted by Gasteiger charge is -2.08. The first-order chi connectivity index (χ1) is 7.63. The molecule has 0 amide bonds. The fraction of sp³-hybridized carbons (Fsp3) is 0.364. The zero-order valence-corrected chi connectivity index (χ0v) is 8.92. The Balaban J connectivity index is 2.60. The second-order valence-electron chi connectivity index (χ2n) is 3.10. The van der Waals surface area contributed by atoms with Gasteiger partial charge in [-0.15, -0.1) is 0 Å². The summed E-state index contributed by atoms with van der Waals surface area (Å²) in [4.78, 5) is 11.3. The van der Waals surface area contributed by atoms with Crippen LogP contribution < -0.4 is 4.74 Å². The molecule has 0 heterocycles. The molecule has 16 heavy (non-hydrogen) atoms. The molecule has 0 saturated carbocycles. The van der Waals surface area contributed by atoms with Crippen LogP contribution in [0.5, 0.6) is 5.75 Å². The van der Waals surface area contributed by atoms with Crippen molar-refractivity contribution in [1.29, 1.82) is 0 Å². The number of benzene rings is 1. The highest BCUT2D eigenvalue weighted by Crippen LogP contribution is 2.13. The van der Waals surface area contributed by atoms with Crippen LogP contribution in [0.4, 0.5) is 0 Å². The second kappa shape index (κ2) is 6.09. The summed E-state index contributed by atoms with van der Waals surface area (Å²) in [5, 5.41) is 17.4. The van der Waals surface area contributed by atoms with Gasteiger partial charge in [-0.05, 0) is 31.2 Å². The van der Waals surface area contributed by atoms with Gasteiger partial charge >= 0.3 is 5.97 Å². The van der Waals surface area contributed by atoms with Gasteiger partial charge in [-0.2, -0.15) is 0 Å². The van der Waals surface area contributed by atoms with Crippen LogP contribution in [-0.2, 0) is 4.74 Å². The van der Waals surface area contributed by atoms with Crippen LogP contribution >= 0.6 is 0 Å². The van der Waals surface area contributed by atoms with Gasteiger partial charge in [0.15, 0.2) is 6.29 Å². The summed E-state index contributed by atoms with van der Waals surface area (Å²) in [6.07, 6.45) is -1.13. The molecule has 0 fully saturated rings. The maximum absolute atomic E-state index is 11.3. The summed E-state index contributed by atoms with van der Waals surface area (Å²) in [5.74, 6) is -0.0358. The molecule has 0 bridgehead atoms. The van der Waals surface area contributed by atoms with Crippen LogP contribution in [0.1, 0.15) is 17.3 Å². The fourth-order valence-corrected chi connectivity index (χ4v) is 1.07. The van der Waals surface area contributed by atoms with Crippen LogP contribution in [-0.4, -0.2) is 35.7 Å². The van der Waals surface area contributed by atoms with Crippen molar-refractivity contribution in [3.63, 3.8) is 0 Å². The Morgan fingerprint density at radius 1 is 1.38 bits per heavy atom. The molecular formula is C11H14O5. The molecule has 1 unspecified atom stereocenters. The molecule has 0 aliphatic rings. The predicted molar refractivity (Wildman–Crippen MR) is 56.1 cm³/mol. The van der Waals surface area contributed by atoms with Crippen molar-refractivity contribution >= 4 is 5.97 Å². The lowest BCUT2D eigenvalue weighted by Crippen LogP contribution is -2.13. The Kier molecular flexibility index (Phi) is 4.75. The van der Waals surface area contributed by atoms with Gasteiger partial charge in [-0.25, -0.2) is 4.79 Å². The van der Waals surface area contributed by atoms with Crippen molar-refractivity contribution in [3.8, 4) is 5.75 Å². The first kappa shape index (κ1) is 12.5. The topological polar surface area (TPSA) is 76.0 Å². The maximum Gasteiger partial charge on any atom is 0.340 e. The molecule has 88 valence electrons. The van der Waals surface area contributed by atoms with E-state index in [1.54, 1.807) is 12.1 Å². The summed E-state index contributed by atoms with van der Waals surface area (Å²) in [6, 6.07) is 6.23. The molecule has 0 aliphatic carbocycles. The Morgan fingerprint density at radius 2 is 2.00 bits per heavy atom. The van der Waals surface area contributed by atoms with E-state index in [0.29, 0.717) is 11.3 Å². The van der Waals surface area contributed by atoms with E-state index in [2.05, 4.69) is 4.74 Å². The van der Waals surface area contributed by atoms with Gasteiger partial charge in [-0.3, -0.25) is 0 Å². The summed E-state index contributed by atoms with van der Waals surface area (Å²) in [5.41, 5.74) is 0.331. The van der Waals surface area contributed by atoms with Crippen molar-refractivity contribution in [2.24, 2.45) is 0 Å². The first-order valence-corrected chi connectivity index (χ1v) is 4.86. The van der Waals surface area contributed by atoms with Gasteiger partial charge in [0.25, 0.3) is 0 Å². The number of rotatable bonds is 5. The second-order valence-corrected chi connectivity index (χ2v) is 3.10. The average molecular weight is 226 g/mol. The molecule has 2 N–H and O–H groups in total. The highest BCUT2D eigenvalue weighted by Gasteiger charge is 2.09. The Labute approximate surface area is 93.2 Å². The zero-order chi connectivity index (χ0) is 12.0. The zero-order valence-electron chi connectivity index (χ0n) is 8.92.